The van der Waals surface area contributed by atoms with Crippen molar-refractivity contribution in [3.05, 3.63) is 59.0 Å². The molecule has 1 saturated heterocycles. The van der Waals surface area contributed by atoms with Gasteiger partial charge in [0.2, 0.25) is 0 Å². The van der Waals surface area contributed by atoms with E-state index in [1.807, 2.05) is 17.9 Å². The largest absolute Gasteiger partial charge is 0.391 e. The number of rotatable bonds is 2. The topological polar surface area (TPSA) is 60.1 Å². The summed E-state index contributed by atoms with van der Waals surface area (Å²) in [5, 5.41) is 19.4. The number of aryl methyl sites for hydroxylation is 1. The standard InChI is InChI=1S/C17H16FN3O/c1-11-5-6-20-17(15(11)9-19)21-10-14(22)8-16(21)12-3-2-4-13(18)7-12/h2-7,14,16,22H,8,10H2,1H3/t14-,16-/m1/s1. The molecule has 0 unspecified atom stereocenters. The Labute approximate surface area is 128 Å². The molecule has 2 atom stereocenters. The van der Waals surface area contributed by atoms with Gasteiger partial charge in [-0.05, 0) is 42.7 Å². The van der Waals surface area contributed by atoms with Crippen molar-refractivity contribution in [3.8, 4) is 6.07 Å². The van der Waals surface area contributed by atoms with Gasteiger partial charge in [0, 0.05) is 12.7 Å². The first-order chi connectivity index (χ1) is 10.6. The molecule has 0 aliphatic carbocycles. The Morgan fingerprint density at radius 2 is 2.23 bits per heavy atom. The minimum atomic E-state index is -0.526. The maximum atomic E-state index is 13.5. The van der Waals surface area contributed by atoms with Crippen molar-refractivity contribution in [2.24, 2.45) is 0 Å². The van der Waals surface area contributed by atoms with Gasteiger partial charge in [-0.2, -0.15) is 5.26 Å². The van der Waals surface area contributed by atoms with Crippen LogP contribution in [0.1, 0.15) is 29.2 Å². The summed E-state index contributed by atoms with van der Waals surface area (Å²) in [5.41, 5.74) is 2.12. The van der Waals surface area contributed by atoms with E-state index in [1.54, 1.807) is 18.3 Å². The van der Waals surface area contributed by atoms with E-state index < -0.39 is 6.10 Å². The quantitative estimate of drug-likeness (QED) is 0.926. The molecule has 2 aromatic rings. The number of nitrogens with zero attached hydrogens (tertiary/aromatic N) is 3. The number of hydrogen-bond acceptors (Lipinski definition) is 4. The predicted molar refractivity (Wildman–Crippen MR) is 80.8 cm³/mol. The molecule has 1 aliphatic heterocycles. The number of hydrogen-bond donors (Lipinski definition) is 1. The summed E-state index contributed by atoms with van der Waals surface area (Å²) in [6.45, 7) is 2.24. The Bertz CT molecular complexity index is 741. The number of aliphatic hydroxyl groups excluding tert-OH is 1. The summed E-state index contributed by atoms with van der Waals surface area (Å²) in [6, 6.07) is 10.1. The van der Waals surface area contributed by atoms with Crippen LogP contribution in [0, 0.1) is 24.1 Å². The summed E-state index contributed by atoms with van der Waals surface area (Å²) < 4.78 is 13.5. The van der Waals surface area contributed by atoms with Crippen LogP contribution in [0.3, 0.4) is 0 Å². The number of anilines is 1. The summed E-state index contributed by atoms with van der Waals surface area (Å²) in [7, 11) is 0. The molecule has 112 valence electrons. The average molecular weight is 297 g/mol. The third-order valence-corrected chi connectivity index (χ3v) is 4.04. The van der Waals surface area contributed by atoms with Crippen molar-refractivity contribution in [1.29, 1.82) is 5.26 Å². The third-order valence-electron chi connectivity index (χ3n) is 4.04. The Morgan fingerprint density at radius 3 is 2.95 bits per heavy atom. The SMILES string of the molecule is Cc1ccnc(N2C[C@H](O)C[C@@H]2c2cccc(F)c2)c1C#N. The van der Waals surface area contributed by atoms with E-state index >= 15 is 0 Å². The molecule has 1 N–H and O–H groups in total. The molecule has 4 nitrogen and oxygen atoms in total. The van der Waals surface area contributed by atoms with Gasteiger partial charge in [0.05, 0.1) is 17.7 Å². The van der Waals surface area contributed by atoms with Crippen LogP contribution < -0.4 is 4.90 Å². The first-order valence-corrected chi connectivity index (χ1v) is 7.16. The zero-order chi connectivity index (χ0) is 15.7. The van der Waals surface area contributed by atoms with Crippen molar-refractivity contribution < 1.29 is 9.50 Å². The lowest BCUT2D eigenvalue weighted by Gasteiger charge is -2.27. The first kappa shape index (κ1) is 14.5. The monoisotopic (exact) mass is 297 g/mol. The highest BCUT2D eigenvalue weighted by Crippen LogP contribution is 2.37. The van der Waals surface area contributed by atoms with Crippen LogP contribution in [0.4, 0.5) is 10.2 Å². The molecule has 1 aromatic heterocycles. The average Bonchev–Trinajstić information content (AvgIpc) is 2.89. The normalized spacial score (nSPS) is 20.9. The highest BCUT2D eigenvalue weighted by molar-refractivity contribution is 5.59. The lowest BCUT2D eigenvalue weighted by Crippen LogP contribution is -2.26. The molecule has 0 amide bonds. The number of nitriles is 1. The zero-order valence-corrected chi connectivity index (χ0v) is 12.2. The summed E-state index contributed by atoms with van der Waals surface area (Å²) in [4.78, 5) is 6.22. The molecule has 1 aromatic carbocycles. The fraction of sp³-hybridized carbons (Fsp3) is 0.294. The van der Waals surface area contributed by atoms with Crippen molar-refractivity contribution in [2.75, 3.05) is 11.4 Å². The molecule has 1 fully saturated rings. The molecule has 0 spiro atoms. The van der Waals surface area contributed by atoms with Crippen LogP contribution in [0.25, 0.3) is 0 Å². The maximum absolute atomic E-state index is 13.5. The molecular weight excluding hydrogens is 281 g/mol. The molecule has 0 radical (unpaired) electrons. The van der Waals surface area contributed by atoms with Crippen molar-refractivity contribution in [2.45, 2.75) is 25.5 Å². The lowest BCUT2D eigenvalue weighted by molar-refractivity contribution is 0.194. The Morgan fingerprint density at radius 1 is 1.41 bits per heavy atom. The molecule has 1 aliphatic rings. The third kappa shape index (κ3) is 2.53. The van der Waals surface area contributed by atoms with E-state index in [0.717, 1.165) is 11.1 Å². The van der Waals surface area contributed by atoms with Crippen molar-refractivity contribution >= 4 is 5.82 Å². The van der Waals surface area contributed by atoms with Gasteiger partial charge in [0.25, 0.3) is 0 Å². The van der Waals surface area contributed by atoms with Gasteiger partial charge in [-0.3, -0.25) is 0 Å². The number of pyridine rings is 1. The van der Waals surface area contributed by atoms with E-state index in [1.165, 1.54) is 12.1 Å². The maximum Gasteiger partial charge on any atom is 0.147 e. The minimum absolute atomic E-state index is 0.188. The van der Waals surface area contributed by atoms with Gasteiger partial charge in [-0.25, -0.2) is 9.37 Å². The molecule has 3 rings (SSSR count). The van der Waals surface area contributed by atoms with E-state index in [2.05, 4.69) is 11.1 Å². The Balaban J connectivity index is 2.06. The zero-order valence-electron chi connectivity index (χ0n) is 12.2. The van der Waals surface area contributed by atoms with Gasteiger partial charge in [-0.15, -0.1) is 0 Å². The van der Waals surface area contributed by atoms with Gasteiger partial charge in [-0.1, -0.05) is 12.1 Å². The van der Waals surface area contributed by atoms with E-state index in [4.69, 9.17) is 0 Å². The summed E-state index contributed by atoms with van der Waals surface area (Å²) in [5.74, 6) is 0.241. The number of aromatic nitrogens is 1. The molecular formula is C17H16FN3O. The second kappa shape index (κ2) is 5.74. The van der Waals surface area contributed by atoms with Gasteiger partial charge in [0.15, 0.2) is 0 Å². The summed E-state index contributed by atoms with van der Waals surface area (Å²) in [6.07, 6.45) is 1.62. The number of halogens is 1. The van der Waals surface area contributed by atoms with Crippen LogP contribution in [0.5, 0.6) is 0 Å². The number of β-amino-alcohol motifs (C(OH)–C–C–N with tert-alkyl or cyclic N) is 1. The van der Waals surface area contributed by atoms with Gasteiger partial charge in [0.1, 0.15) is 17.7 Å². The highest BCUT2D eigenvalue weighted by Gasteiger charge is 2.34. The van der Waals surface area contributed by atoms with Gasteiger partial charge < -0.3 is 10.0 Å². The number of benzene rings is 1. The fourth-order valence-electron chi connectivity index (χ4n) is 2.98. The molecule has 2 heterocycles. The predicted octanol–water partition coefficient (Wildman–Crippen LogP) is 2.71. The smallest absolute Gasteiger partial charge is 0.147 e. The summed E-state index contributed by atoms with van der Waals surface area (Å²) >= 11 is 0. The number of aliphatic hydroxyl groups is 1. The van der Waals surface area contributed by atoms with Crippen LogP contribution in [0.15, 0.2) is 36.5 Å². The van der Waals surface area contributed by atoms with Crippen molar-refractivity contribution in [1.82, 2.24) is 4.98 Å². The van der Waals surface area contributed by atoms with Crippen LogP contribution in [0.2, 0.25) is 0 Å². The van der Waals surface area contributed by atoms with Gasteiger partial charge >= 0.3 is 0 Å². The van der Waals surface area contributed by atoms with E-state index in [-0.39, 0.29) is 11.9 Å². The van der Waals surface area contributed by atoms with E-state index in [0.29, 0.717) is 24.3 Å². The first-order valence-electron chi connectivity index (χ1n) is 7.16. The molecule has 5 heteroatoms. The minimum Gasteiger partial charge on any atom is -0.391 e. The Hall–Kier alpha value is -2.45. The highest BCUT2D eigenvalue weighted by atomic mass is 19.1. The van der Waals surface area contributed by atoms with Crippen LogP contribution >= 0.6 is 0 Å². The molecule has 22 heavy (non-hydrogen) atoms. The van der Waals surface area contributed by atoms with Crippen molar-refractivity contribution in [3.63, 3.8) is 0 Å². The Kier molecular flexibility index (Phi) is 3.78. The van der Waals surface area contributed by atoms with Crippen LogP contribution in [-0.2, 0) is 0 Å². The fourth-order valence-corrected chi connectivity index (χ4v) is 2.98. The second-order valence-electron chi connectivity index (χ2n) is 5.55. The second-order valence-corrected chi connectivity index (χ2v) is 5.55. The molecule has 0 saturated carbocycles. The van der Waals surface area contributed by atoms with E-state index in [9.17, 15) is 14.8 Å². The van der Waals surface area contributed by atoms with Crippen LogP contribution in [-0.4, -0.2) is 22.7 Å². The lowest BCUT2D eigenvalue weighted by atomic mass is 10.0. The molecule has 0 bridgehead atoms.